The lowest BCUT2D eigenvalue weighted by atomic mass is 9.74. The molecule has 0 spiro atoms. The molecule has 1 heterocycles. The Morgan fingerprint density at radius 3 is 2.42 bits per heavy atom. The smallest absolute Gasteiger partial charge is 0.251 e. The van der Waals surface area contributed by atoms with Crippen molar-refractivity contribution in [1.29, 1.82) is 0 Å². The second-order valence-electron chi connectivity index (χ2n) is 7.70. The van der Waals surface area contributed by atoms with Crippen LogP contribution in [0.4, 0.5) is 0 Å². The molecule has 6 nitrogen and oxygen atoms in total. The van der Waals surface area contributed by atoms with E-state index in [1.165, 1.54) is 16.4 Å². The molecule has 0 aromatic heterocycles. The Labute approximate surface area is 189 Å². The van der Waals surface area contributed by atoms with Gasteiger partial charge < -0.3 is 10.1 Å². The van der Waals surface area contributed by atoms with E-state index in [9.17, 15) is 13.2 Å². The first-order valence-electron chi connectivity index (χ1n) is 10.5. The van der Waals surface area contributed by atoms with Gasteiger partial charge in [0.25, 0.3) is 5.91 Å². The number of nitrogens with zero attached hydrogens (tertiary/aromatic N) is 1. The fourth-order valence-corrected chi connectivity index (χ4v) is 5.70. The van der Waals surface area contributed by atoms with Gasteiger partial charge in [-0.15, -0.1) is 0 Å². The zero-order chi connectivity index (χ0) is 22.5. The van der Waals surface area contributed by atoms with E-state index in [4.69, 9.17) is 16.3 Å². The zero-order valence-electron chi connectivity index (χ0n) is 17.9. The lowest BCUT2D eigenvalue weighted by molar-refractivity contribution is 0.0487. The van der Waals surface area contributed by atoms with Gasteiger partial charge in [-0.2, -0.15) is 4.31 Å². The van der Waals surface area contributed by atoms with E-state index in [-0.39, 0.29) is 16.2 Å². The first-order chi connectivity index (χ1) is 14.8. The van der Waals surface area contributed by atoms with Crippen molar-refractivity contribution in [3.63, 3.8) is 0 Å². The molecule has 0 radical (unpaired) electrons. The average Bonchev–Trinajstić information content (AvgIpc) is 2.79. The van der Waals surface area contributed by atoms with E-state index in [1.54, 1.807) is 26.0 Å². The molecule has 8 heteroatoms. The Hall–Kier alpha value is -1.93. The van der Waals surface area contributed by atoms with Crippen LogP contribution in [0, 0.1) is 0 Å². The molecule has 31 heavy (non-hydrogen) atoms. The van der Waals surface area contributed by atoms with Crippen molar-refractivity contribution in [2.75, 3.05) is 32.8 Å². The minimum Gasteiger partial charge on any atom is -0.381 e. The second-order valence-corrected chi connectivity index (χ2v) is 10.1. The number of hydrogen-bond acceptors (Lipinski definition) is 4. The number of ether oxygens (including phenoxy) is 1. The predicted molar refractivity (Wildman–Crippen MR) is 122 cm³/mol. The van der Waals surface area contributed by atoms with Gasteiger partial charge in [-0.05, 0) is 48.7 Å². The maximum Gasteiger partial charge on any atom is 0.251 e. The quantitative estimate of drug-likeness (QED) is 0.643. The van der Waals surface area contributed by atoms with Crippen LogP contribution in [0.3, 0.4) is 0 Å². The highest BCUT2D eigenvalue weighted by molar-refractivity contribution is 7.89. The highest BCUT2D eigenvalue weighted by atomic mass is 35.5. The standard InChI is InChI=1S/C23H29ClN2O4S/c1-3-26(4-2)31(28,29)21-10-5-7-18(15-21)22(27)25-17-23(11-13-30-14-12-23)19-8-6-9-20(24)16-19/h5-10,15-16H,3-4,11-14,17H2,1-2H3,(H,25,27). The van der Waals surface area contributed by atoms with Crippen molar-refractivity contribution >= 4 is 27.5 Å². The van der Waals surface area contributed by atoms with Crippen LogP contribution in [0.5, 0.6) is 0 Å². The van der Waals surface area contributed by atoms with E-state index in [0.717, 1.165) is 18.4 Å². The SMILES string of the molecule is CCN(CC)S(=O)(=O)c1cccc(C(=O)NCC2(c3cccc(Cl)c3)CCOCC2)c1. The molecule has 1 saturated heterocycles. The summed E-state index contributed by atoms with van der Waals surface area (Å²) in [6, 6.07) is 13.9. The normalized spacial score (nSPS) is 16.3. The van der Waals surface area contributed by atoms with Crippen LogP contribution in [-0.2, 0) is 20.2 Å². The molecule has 1 aliphatic rings. The van der Waals surface area contributed by atoms with Crippen LogP contribution in [0.2, 0.25) is 5.02 Å². The van der Waals surface area contributed by atoms with Crippen LogP contribution in [0.15, 0.2) is 53.4 Å². The molecular weight excluding hydrogens is 436 g/mol. The largest absolute Gasteiger partial charge is 0.381 e. The number of sulfonamides is 1. The first-order valence-corrected chi connectivity index (χ1v) is 12.4. The predicted octanol–water partition coefficient (Wildman–Crippen LogP) is 3.85. The van der Waals surface area contributed by atoms with Crippen LogP contribution in [0.1, 0.15) is 42.6 Å². The number of rotatable bonds is 8. The first kappa shape index (κ1) is 23.7. The molecule has 3 rings (SSSR count). The van der Waals surface area contributed by atoms with E-state index in [0.29, 0.717) is 43.4 Å². The fraction of sp³-hybridized carbons (Fsp3) is 0.435. The minimum atomic E-state index is -3.63. The van der Waals surface area contributed by atoms with Crippen LogP contribution >= 0.6 is 11.6 Å². The Morgan fingerprint density at radius 1 is 1.10 bits per heavy atom. The summed E-state index contributed by atoms with van der Waals surface area (Å²) in [5.41, 5.74) is 1.12. The van der Waals surface area contributed by atoms with E-state index in [1.807, 2.05) is 24.3 Å². The van der Waals surface area contributed by atoms with E-state index < -0.39 is 10.0 Å². The molecule has 1 fully saturated rings. The van der Waals surface area contributed by atoms with Crippen molar-refractivity contribution in [1.82, 2.24) is 9.62 Å². The number of hydrogen-bond donors (Lipinski definition) is 1. The molecule has 0 atom stereocenters. The molecule has 0 bridgehead atoms. The summed E-state index contributed by atoms with van der Waals surface area (Å²) in [6.45, 7) is 5.98. The summed E-state index contributed by atoms with van der Waals surface area (Å²) >= 11 is 6.21. The maximum absolute atomic E-state index is 12.9. The lowest BCUT2D eigenvalue weighted by Gasteiger charge is -2.38. The molecule has 1 amide bonds. The monoisotopic (exact) mass is 464 g/mol. The van der Waals surface area contributed by atoms with Crippen LogP contribution < -0.4 is 5.32 Å². The second kappa shape index (κ2) is 10.1. The molecule has 1 aliphatic heterocycles. The highest BCUT2D eigenvalue weighted by Crippen LogP contribution is 2.35. The number of carbonyl (C=O) groups is 1. The summed E-state index contributed by atoms with van der Waals surface area (Å²) in [5, 5.41) is 3.67. The zero-order valence-corrected chi connectivity index (χ0v) is 19.5. The van der Waals surface area contributed by atoms with Gasteiger partial charge >= 0.3 is 0 Å². The van der Waals surface area contributed by atoms with Crippen molar-refractivity contribution in [2.45, 2.75) is 37.0 Å². The molecule has 0 saturated carbocycles. The molecule has 0 aliphatic carbocycles. The van der Waals surface area contributed by atoms with Gasteiger partial charge in [-0.3, -0.25) is 4.79 Å². The number of amides is 1. The Morgan fingerprint density at radius 2 is 1.77 bits per heavy atom. The van der Waals surface area contributed by atoms with Crippen molar-refractivity contribution < 1.29 is 17.9 Å². The number of carbonyl (C=O) groups excluding carboxylic acids is 1. The van der Waals surface area contributed by atoms with E-state index in [2.05, 4.69) is 5.32 Å². The van der Waals surface area contributed by atoms with E-state index >= 15 is 0 Å². The van der Waals surface area contributed by atoms with Crippen molar-refractivity contribution in [3.05, 3.63) is 64.7 Å². The van der Waals surface area contributed by atoms with Crippen molar-refractivity contribution in [2.24, 2.45) is 0 Å². The van der Waals surface area contributed by atoms with Gasteiger partial charge in [0, 0.05) is 48.8 Å². The van der Waals surface area contributed by atoms with Crippen LogP contribution in [0.25, 0.3) is 0 Å². The van der Waals surface area contributed by atoms with Gasteiger partial charge in [-0.25, -0.2) is 8.42 Å². The third-order valence-electron chi connectivity index (χ3n) is 5.91. The minimum absolute atomic E-state index is 0.125. The fourth-order valence-electron chi connectivity index (χ4n) is 4.01. The third kappa shape index (κ3) is 5.29. The molecular formula is C23H29ClN2O4S. The summed E-state index contributed by atoms with van der Waals surface area (Å²) in [4.78, 5) is 13.1. The lowest BCUT2D eigenvalue weighted by Crippen LogP contribution is -2.44. The summed E-state index contributed by atoms with van der Waals surface area (Å²) in [7, 11) is -3.63. The summed E-state index contributed by atoms with van der Waals surface area (Å²) in [6.07, 6.45) is 1.54. The number of benzene rings is 2. The summed E-state index contributed by atoms with van der Waals surface area (Å²) < 4.78 is 32.5. The Kier molecular flexibility index (Phi) is 7.75. The number of halogens is 1. The average molecular weight is 465 g/mol. The molecule has 2 aromatic carbocycles. The molecule has 2 aromatic rings. The Balaban J connectivity index is 1.81. The maximum atomic E-state index is 12.9. The topological polar surface area (TPSA) is 75.7 Å². The van der Waals surface area contributed by atoms with Crippen LogP contribution in [-0.4, -0.2) is 51.5 Å². The van der Waals surface area contributed by atoms with Gasteiger partial charge in [0.05, 0.1) is 4.90 Å². The van der Waals surface area contributed by atoms with Gasteiger partial charge in [0.1, 0.15) is 0 Å². The molecule has 0 unspecified atom stereocenters. The van der Waals surface area contributed by atoms with Gasteiger partial charge in [0.2, 0.25) is 10.0 Å². The molecule has 1 N–H and O–H groups in total. The summed E-state index contributed by atoms with van der Waals surface area (Å²) in [5.74, 6) is -0.301. The molecule has 168 valence electrons. The van der Waals surface area contributed by atoms with Crippen molar-refractivity contribution in [3.8, 4) is 0 Å². The van der Waals surface area contributed by atoms with Gasteiger partial charge in [0.15, 0.2) is 0 Å². The highest BCUT2D eigenvalue weighted by Gasteiger charge is 2.35. The van der Waals surface area contributed by atoms with Gasteiger partial charge in [-0.1, -0.05) is 43.6 Å². The Bertz CT molecular complexity index is 1020. The third-order valence-corrected chi connectivity index (χ3v) is 8.19. The number of nitrogens with one attached hydrogen (secondary N) is 1.